The number of anilines is 1. The molecule has 176 valence electrons. The first-order valence-electron chi connectivity index (χ1n) is 11.4. The Balaban J connectivity index is 1.22. The summed E-state index contributed by atoms with van der Waals surface area (Å²) in [6, 6.07) is 8.32. The van der Waals surface area contributed by atoms with Crippen molar-refractivity contribution in [3.63, 3.8) is 0 Å². The van der Waals surface area contributed by atoms with Gasteiger partial charge in [0.1, 0.15) is 5.82 Å². The van der Waals surface area contributed by atoms with Gasteiger partial charge in [-0.15, -0.1) is 0 Å². The van der Waals surface area contributed by atoms with Crippen molar-refractivity contribution in [2.45, 2.75) is 51.0 Å². The molecule has 2 N–H and O–H groups in total. The van der Waals surface area contributed by atoms with Crippen molar-refractivity contribution in [1.82, 2.24) is 20.3 Å². The molecule has 2 aliphatic heterocycles. The normalized spacial score (nSPS) is 21.7. The molecule has 2 aliphatic rings. The number of piperidine rings is 1. The Morgan fingerprint density at radius 3 is 2.97 bits per heavy atom. The van der Waals surface area contributed by atoms with Crippen LogP contribution in [0.4, 0.5) is 5.82 Å². The molecule has 2 aromatic rings. The molecule has 0 radical (unpaired) electrons. The predicted molar refractivity (Wildman–Crippen MR) is 127 cm³/mol. The minimum absolute atomic E-state index is 0.304. The van der Waals surface area contributed by atoms with E-state index in [1.807, 2.05) is 18.2 Å². The van der Waals surface area contributed by atoms with E-state index in [1.165, 1.54) is 11.6 Å². The maximum Gasteiger partial charge on any atom is 0.267 e. The topological polar surface area (TPSA) is 88.6 Å². The van der Waals surface area contributed by atoms with E-state index in [4.69, 9.17) is 21.2 Å². The lowest BCUT2D eigenvalue weighted by atomic mass is 10.0. The van der Waals surface area contributed by atoms with Crippen molar-refractivity contribution in [2.75, 3.05) is 25.0 Å². The lowest BCUT2D eigenvalue weighted by Gasteiger charge is -2.33. The highest BCUT2D eigenvalue weighted by Gasteiger charge is 2.20. The number of aromatic nitrogens is 2. The molecule has 1 aromatic heterocycles. The lowest BCUT2D eigenvalue weighted by molar-refractivity contribution is -0.198. The molecule has 33 heavy (non-hydrogen) atoms. The highest BCUT2D eigenvalue weighted by atomic mass is 35.5. The first-order valence-corrected chi connectivity index (χ1v) is 11.8. The zero-order valence-electron chi connectivity index (χ0n) is 18.6. The lowest BCUT2D eigenvalue weighted by Crippen LogP contribution is -2.41. The van der Waals surface area contributed by atoms with Gasteiger partial charge in [-0.2, -0.15) is 0 Å². The van der Waals surface area contributed by atoms with Gasteiger partial charge >= 0.3 is 0 Å². The maximum absolute atomic E-state index is 11.9. The minimum atomic E-state index is -0.373. The van der Waals surface area contributed by atoms with Crippen LogP contribution in [0.3, 0.4) is 0 Å². The Bertz CT molecular complexity index is 934. The van der Waals surface area contributed by atoms with Crippen LogP contribution in [-0.2, 0) is 20.9 Å². The predicted octanol–water partition coefficient (Wildman–Crippen LogP) is 3.79. The summed E-state index contributed by atoms with van der Waals surface area (Å²) in [4.78, 5) is 28.4. The van der Waals surface area contributed by atoms with Crippen molar-refractivity contribution in [1.29, 1.82) is 0 Å². The van der Waals surface area contributed by atoms with Crippen LogP contribution in [0, 0.1) is 0 Å². The van der Waals surface area contributed by atoms with Gasteiger partial charge in [-0.1, -0.05) is 23.7 Å². The van der Waals surface area contributed by atoms with E-state index < -0.39 is 0 Å². The number of nitrogens with one attached hydrogen (secondary N) is 2. The first kappa shape index (κ1) is 23.6. The smallest absolute Gasteiger partial charge is 0.267 e. The van der Waals surface area contributed by atoms with E-state index in [-0.39, 0.29) is 12.2 Å². The van der Waals surface area contributed by atoms with Gasteiger partial charge in [0.05, 0.1) is 18.1 Å². The van der Waals surface area contributed by atoms with E-state index in [2.05, 4.69) is 31.7 Å². The summed E-state index contributed by atoms with van der Waals surface area (Å²) in [5.74, 6) is 0.360. The highest BCUT2D eigenvalue weighted by Crippen LogP contribution is 2.18. The molecule has 1 aromatic carbocycles. The minimum Gasteiger partial charge on any atom is -0.365 e. The monoisotopic (exact) mass is 471 g/mol. The van der Waals surface area contributed by atoms with Crippen molar-refractivity contribution < 1.29 is 14.4 Å². The first-order chi connectivity index (χ1) is 16.1. The average molecular weight is 472 g/mol. The molecule has 8 nitrogen and oxygen atoms in total. The van der Waals surface area contributed by atoms with Gasteiger partial charge in [-0.05, 0) is 56.0 Å². The molecule has 0 bridgehead atoms. The zero-order valence-corrected chi connectivity index (χ0v) is 19.3. The van der Waals surface area contributed by atoms with E-state index in [0.717, 1.165) is 62.6 Å². The standard InChI is InChI=1S/C24H30ClN5O3/c25-19-6-3-5-18(13-19)16-30-11-4-7-21(17-30)28-22-15-26-20(14-27-22)9-10-23(31)29-33-24-8-1-2-12-32-24/h3,5-6,9-10,13-15,21,24H,1-2,4,7-8,11-12,16-17H2,(H,27,28)(H,29,31)/t21-,24?/m1/s1. The quantitative estimate of drug-likeness (QED) is 0.447. The number of hydrogen-bond donors (Lipinski definition) is 2. The summed E-state index contributed by atoms with van der Waals surface area (Å²) in [5, 5.41) is 4.25. The Hall–Kier alpha value is -2.52. The number of carbonyl (C=O) groups is 1. The number of amides is 1. The van der Waals surface area contributed by atoms with Crippen LogP contribution < -0.4 is 10.8 Å². The van der Waals surface area contributed by atoms with Crippen LogP contribution in [0.15, 0.2) is 42.7 Å². The van der Waals surface area contributed by atoms with Gasteiger partial charge in [0.2, 0.25) is 0 Å². The van der Waals surface area contributed by atoms with Crippen LogP contribution in [0.1, 0.15) is 43.4 Å². The summed E-state index contributed by atoms with van der Waals surface area (Å²) >= 11 is 6.11. The molecule has 2 fully saturated rings. The van der Waals surface area contributed by atoms with E-state index in [0.29, 0.717) is 18.3 Å². The summed E-state index contributed by atoms with van der Waals surface area (Å²) in [6.07, 6.45) is 11.0. The van der Waals surface area contributed by atoms with Crippen LogP contribution >= 0.6 is 11.6 Å². The fourth-order valence-electron chi connectivity index (χ4n) is 4.04. The van der Waals surface area contributed by atoms with E-state index in [1.54, 1.807) is 18.5 Å². The Labute approximate surface area is 199 Å². The molecule has 2 atom stereocenters. The molecule has 4 rings (SSSR count). The summed E-state index contributed by atoms with van der Waals surface area (Å²) < 4.78 is 5.41. The van der Waals surface area contributed by atoms with Gasteiger partial charge in [0.15, 0.2) is 6.29 Å². The van der Waals surface area contributed by atoms with Crippen molar-refractivity contribution in [3.8, 4) is 0 Å². The maximum atomic E-state index is 11.9. The highest BCUT2D eigenvalue weighted by molar-refractivity contribution is 6.30. The Morgan fingerprint density at radius 1 is 1.24 bits per heavy atom. The number of hydrogen-bond acceptors (Lipinski definition) is 7. The molecule has 9 heteroatoms. The molecule has 1 amide bonds. The second-order valence-electron chi connectivity index (χ2n) is 8.39. The summed E-state index contributed by atoms with van der Waals surface area (Å²) in [7, 11) is 0. The van der Waals surface area contributed by atoms with Crippen LogP contribution in [0.5, 0.6) is 0 Å². The SMILES string of the molecule is O=C(C=Cc1cnc(N[C@@H]2CCCN(Cc3cccc(Cl)c3)C2)cn1)NOC1CCCCO1. The number of halogens is 1. The van der Waals surface area contributed by atoms with Crippen LogP contribution in [0.25, 0.3) is 6.08 Å². The molecule has 2 saturated heterocycles. The third-order valence-electron chi connectivity index (χ3n) is 5.66. The second kappa shape index (κ2) is 12.1. The van der Waals surface area contributed by atoms with Crippen LogP contribution in [-0.4, -0.2) is 52.8 Å². The Morgan fingerprint density at radius 2 is 2.18 bits per heavy atom. The largest absolute Gasteiger partial charge is 0.365 e. The fourth-order valence-corrected chi connectivity index (χ4v) is 4.25. The van der Waals surface area contributed by atoms with Gasteiger partial charge < -0.3 is 10.1 Å². The number of benzene rings is 1. The molecule has 0 saturated carbocycles. The van der Waals surface area contributed by atoms with Gasteiger partial charge in [0, 0.05) is 43.3 Å². The molecular formula is C24H30ClN5O3. The van der Waals surface area contributed by atoms with Gasteiger partial charge in [-0.25, -0.2) is 15.3 Å². The summed E-state index contributed by atoms with van der Waals surface area (Å²) in [5.41, 5.74) is 4.20. The van der Waals surface area contributed by atoms with Crippen molar-refractivity contribution in [2.24, 2.45) is 0 Å². The molecular weight excluding hydrogens is 442 g/mol. The molecule has 1 unspecified atom stereocenters. The number of rotatable bonds is 8. The average Bonchev–Trinajstić information content (AvgIpc) is 2.83. The molecule has 0 aliphatic carbocycles. The molecule has 0 spiro atoms. The van der Waals surface area contributed by atoms with E-state index >= 15 is 0 Å². The van der Waals surface area contributed by atoms with Gasteiger partial charge in [0.25, 0.3) is 5.91 Å². The number of hydroxylamine groups is 1. The molecule has 3 heterocycles. The van der Waals surface area contributed by atoms with Crippen LogP contribution in [0.2, 0.25) is 5.02 Å². The van der Waals surface area contributed by atoms with Gasteiger partial charge in [-0.3, -0.25) is 14.7 Å². The van der Waals surface area contributed by atoms with Crippen molar-refractivity contribution >= 4 is 29.4 Å². The number of nitrogens with zero attached hydrogens (tertiary/aromatic N) is 3. The Kier molecular flexibility index (Phi) is 8.65. The zero-order chi connectivity index (χ0) is 22.9. The number of carbonyl (C=O) groups excluding carboxylic acids is 1. The number of likely N-dealkylation sites (tertiary alicyclic amines) is 1. The number of ether oxygens (including phenoxy) is 1. The van der Waals surface area contributed by atoms with E-state index in [9.17, 15) is 4.79 Å². The fraction of sp³-hybridized carbons (Fsp3) is 0.458. The third-order valence-corrected chi connectivity index (χ3v) is 5.89. The second-order valence-corrected chi connectivity index (χ2v) is 8.83. The third kappa shape index (κ3) is 7.78. The van der Waals surface area contributed by atoms with Crippen molar-refractivity contribution in [3.05, 3.63) is 59.0 Å². The summed E-state index contributed by atoms with van der Waals surface area (Å²) in [6.45, 7) is 3.54.